The first-order chi connectivity index (χ1) is 12.0. The van der Waals surface area contributed by atoms with Gasteiger partial charge in [0.05, 0.1) is 22.2 Å². The summed E-state index contributed by atoms with van der Waals surface area (Å²) in [5.41, 5.74) is 1.36. The van der Waals surface area contributed by atoms with Crippen molar-refractivity contribution >= 4 is 17.0 Å². The van der Waals surface area contributed by atoms with Crippen LogP contribution in [0.5, 0.6) is 0 Å². The summed E-state index contributed by atoms with van der Waals surface area (Å²) in [6.45, 7) is 4.05. The van der Waals surface area contributed by atoms with Gasteiger partial charge in [0.25, 0.3) is 5.69 Å². The molecule has 0 bridgehead atoms. The number of pyridine rings is 1. The summed E-state index contributed by atoms with van der Waals surface area (Å²) in [6.07, 6.45) is 1.88. The second-order valence-corrected chi connectivity index (χ2v) is 5.95. The summed E-state index contributed by atoms with van der Waals surface area (Å²) in [7, 11) is 0. The first-order valence-corrected chi connectivity index (χ1v) is 7.76. The van der Waals surface area contributed by atoms with Gasteiger partial charge in [-0.05, 0) is 24.1 Å². The lowest BCUT2D eigenvalue weighted by Gasteiger charge is -2.22. The van der Waals surface area contributed by atoms with Crippen molar-refractivity contribution in [3.05, 3.63) is 64.1 Å². The third-order valence-corrected chi connectivity index (χ3v) is 3.93. The highest BCUT2D eigenvalue weighted by molar-refractivity contribution is 5.62. The van der Waals surface area contributed by atoms with E-state index in [9.17, 15) is 15.4 Å². The molecular weight excluding hydrogens is 320 g/mol. The average molecular weight is 336 g/mol. The molecule has 0 aliphatic carbocycles. The van der Waals surface area contributed by atoms with Crippen molar-refractivity contribution in [2.45, 2.75) is 19.9 Å². The van der Waals surface area contributed by atoms with Crippen molar-refractivity contribution in [1.82, 2.24) is 14.6 Å². The fourth-order valence-corrected chi connectivity index (χ4v) is 2.63. The fourth-order valence-electron chi connectivity index (χ4n) is 2.63. The SMILES string of the molecule is CC(C)[C@@H](Nc1ccc([N+](=O)[O-])cc1C#N)c1nnc2ccccn12. The molecule has 1 aromatic carbocycles. The Morgan fingerprint density at radius 1 is 1.28 bits per heavy atom. The van der Waals surface area contributed by atoms with Gasteiger partial charge >= 0.3 is 0 Å². The Morgan fingerprint density at radius 2 is 2.08 bits per heavy atom. The maximum atomic E-state index is 10.9. The van der Waals surface area contributed by atoms with E-state index < -0.39 is 4.92 Å². The lowest BCUT2D eigenvalue weighted by Crippen LogP contribution is -2.20. The van der Waals surface area contributed by atoms with Crippen LogP contribution < -0.4 is 5.32 Å². The molecule has 126 valence electrons. The van der Waals surface area contributed by atoms with Crippen molar-refractivity contribution < 1.29 is 4.92 Å². The molecule has 8 nitrogen and oxygen atoms in total. The molecule has 0 aliphatic rings. The van der Waals surface area contributed by atoms with E-state index in [2.05, 4.69) is 15.5 Å². The van der Waals surface area contributed by atoms with Crippen LogP contribution in [0.25, 0.3) is 5.65 Å². The third-order valence-electron chi connectivity index (χ3n) is 3.93. The van der Waals surface area contributed by atoms with E-state index in [1.54, 1.807) is 6.07 Å². The van der Waals surface area contributed by atoms with Gasteiger partial charge in [-0.2, -0.15) is 5.26 Å². The van der Waals surface area contributed by atoms with Crippen LogP contribution in [0.3, 0.4) is 0 Å². The molecule has 0 aliphatic heterocycles. The molecular formula is C17H16N6O2. The maximum Gasteiger partial charge on any atom is 0.270 e. The number of rotatable bonds is 5. The topological polar surface area (TPSA) is 109 Å². The first kappa shape index (κ1) is 16.4. The molecule has 3 rings (SSSR count). The number of nitrogens with one attached hydrogen (secondary N) is 1. The van der Waals surface area contributed by atoms with E-state index in [1.807, 2.05) is 48.7 Å². The van der Waals surface area contributed by atoms with Crippen molar-refractivity contribution in [2.24, 2.45) is 5.92 Å². The molecule has 8 heteroatoms. The smallest absolute Gasteiger partial charge is 0.270 e. The molecule has 25 heavy (non-hydrogen) atoms. The summed E-state index contributed by atoms with van der Waals surface area (Å²) in [5.74, 6) is 0.863. The molecule has 3 aromatic rings. The number of anilines is 1. The Morgan fingerprint density at radius 3 is 2.76 bits per heavy atom. The quantitative estimate of drug-likeness (QED) is 0.565. The minimum absolute atomic E-state index is 0.115. The Labute approximate surface area is 143 Å². The van der Waals surface area contributed by atoms with Gasteiger partial charge in [0, 0.05) is 18.3 Å². The molecule has 0 saturated carbocycles. The Bertz CT molecular complexity index is 973. The fraction of sp³-hybridized carbons (Fsp3) is 0.235. The number of nitriles is 1. The Kier molecular flexibility index (Phi) is 4.31. The van der Waals surface area contributed by atoms with Crippen molar-refractivity contribution in [3.63, 3.8) is 0 Å². The van der Waals surface area contributed by atoms with Crippen LogP contribution in [-0.2, 0) is 0 Å². The molecule has 0 unspecified atom stereocenters. The van der Waals surface area contributed by atoms with Gasteiger partial charge in [0.15, 0.2) is 11.5 Å². The van der Waals surface area contributed by atoms with Crippen LogP contribution in [0.2, 0.25) is 0 Å². The van der Waals surface area contributed by atoms with E-state index in [0.29, 0.717) is 11.5 Å². The Hall–Kier alpha value is -3.47. The standard InChI is InChI=1S/C17H16N6O2/c1-11(2)16(17-21-20-15-5-3-4-8-22(15)17)19-14-7-6-13(23(24)25)9-12(14)10-18/h3-9,11,16,19H,1-2H3/t16-/m1/s1. The average Bonchev–Trinajstić information content (AvgIpc) is 3.03. The van der Waals surface area contributed by atoms with E-state index in [1.165, 1.54) is 12.1 Å². The van der Waals surface area contributed by atoms with Crippen LogP contribution >= 0.6 is 0 Å². The van der Waals surface area contributed by atoms with Crippen molar-refractivity contribution in [3.8, 4) is 6.07 Å². The van der Waals surface area contributed by atoms with Crippen LogP contribution in [0.1, 0.15) is 31.3 Å². The number of aromatic nitrogens is 3. The summed E-state index contributed by atoms with van der Waals surface area (Å²) < 4.78 is 1.88. The monoisotopic (exact) mass is 336 g/mol. The van der Waals surface area contributed by atoms with Crippen molar-refractivity contribution in [2.75, 3.05) is 5.32 Å². The number of fused-ring (bicyclic) bond motifs is 1. The van der Waals surface area contributed by atoms with Gasteiger partial charge in [-0.15, -0.1) is 10.2 Å². The molecule has 1 N–H and O–H groups in total. The lowest BCUT2D eigenvalue weighted by molar-refractivity contribution is -0.384. The maximum absolute atomic E-state index is 10.9. The second-order valence-electron chi connectivity index (χ2n) is 5.95. The molecule has 2 aromatic heterocycles. The van der Waals surface area contributed by atoms with Gasteiger partial charge in [-0.25, -0.2) is 0 Å². The van der Waals surface area contributed by atoms with E-state index in [0.717, 1.165) is 5.65 Å². The molecule has 0 radical (unpaired) electrons. The molecule has 0 amide bonds. The van der Waals surface area contributed by atoms with Gasteiger partial charge in [0.2, 0.25) is 0 Å². The summed E-state index contributed by atoms with van der Waals surface area (Å²) in [6, 6.07) is 11.6. The van der Waals surface area contributed by atoms with Gasteiger partial charge in [0.1, 0.15) is 6.07 Å². The predicted molar refractivity (Wildman–Crippen MR) is 92.0 cm³/mol. The van der Waals surface area contributed by atoms with Gasteiger partial charge in [-0.1, -0.05) is 19.9 Å². The molecule has 0 fully saturated rings. The normalized spacial score (nSPS) is 12.1. The zero-order valence-corrected chi connectivity index (χ0v) is 13.7. The van der Waals surface area contributed by atoms with E-state index >= 15 is 0 Å². The van der Waals surface area contributed by atoms with Crippen LogP contribution in [0, 0.1) is 27.4 Å². The number of hydrogen-bond acceptors (Lipinski definition) is 6. The molecule has 1 atom stereocenters. The first-order valence-electron chi connectivity index (χ1n) is 7.76. The second kappa shape index (κ2) is 6.57. The highest BCUT2D eigenvalue weighted by atomic mass is 16.6. The Balaban J connectivity index is 2.01. The van der Waals surface area contributed by atoms with E-state index in [4.69, 9.17) is 0 Å². The summed E-state index contributed by atoms with van der Waals surface area (Å²) >= 11 is 0. The molecule has 0 spiro atoms. The zero-order chi connectivity index (χ0) is 18.0. The largest absolute Gasteiger partial charge is 0.374 e. The third kappa shape index (κ3) is 3.12. The van der Waals surface area contributed by atoms with Crippen LogP contribution in [-0.4, -0.2) is 19.5 Å². The minimum atomic E-state index is -0.517. The number of nitro benzene ring substituents is 1. The highest BCUT2D eigenvalue weighted by Gasteiger charge is 2.23. The predicted octanol–water partition coefficient (Wildman–Crippen LogP) is 3.32. The number of hydrogen-bond donors (Lipinski definition) is 1. The number of non-ortho nitro benzene ring substituents is 1. The number of nitro groups is 1. The number of benzene rings is 1. The van der Waals surface area contributed by atoms with Gasteiger partial charge in [-0.3, -0.25) is 14.5 Å². The van der Waals surface area contributed by atoms with Crippen molar-refractivity contribution in [1.29, 1.82) is 5.26 Å². The molecule has 2 heterocycles. The zero-order valence-electron chi connectivity index (χ0n) is 13.7. The van der Waals surface area contributed by atoms with Gasteiger partial charge < -0.3 is 5.32 Å². The molecule has 0 saturated heterocycles. The minimum Gasteiger partial charge on any atom is -0.374 e. The van der Waals surface area contributed by atoms with Crippen LogP contribution in [0.15, 0.2) is 42.6 Å². The highest BCUT2D eigenvalue weighted by Crippen LogP contribution is 2.29. The number of nitrogens with zero attached hydrogens (tertiary/aromatic N) is 5. The van der Waals surface area contributed by atoms with E-state index in [-0.39, 0.29) is 23.2 Å². The van der Waals surface area contributed by atoms with Crippen LogP contribution in [0.4, 0.5) is 11.4 Å². The lowest BCUT2D eigenvalue weighted by atomic mass is 10.0. The summed E-state index contributed by atoms with van der Waals surface area (Å²) in [5, 5.41) is 32.0. The summed E-state index contributed by atoms with van der Waals surface area (Å²) in [4.78, 5) is 10.4.